The summed E-state index contributed by atoms with van der Waals surface area (Å²) in [6, 6.07) is 13.6. The second-order valence-corrected chi connectivity index (χ2v) is 4.79. The van der Waals surface area contributed by atoms with Crippen LogP contribution in [0.15, 0.2) is 48.5 Å². The molecule has 0 aromatic heterocycles. The summed E-state index contributed by atoms with van der Waals surface area (Å²) in [5.74, 6) is -0.104. The van der Waals surface area contributed by atoms with E-state index in [9.17, 15) is 9.18 Å². The fraction of sp³-hybridized carbons (Fsp3) is 0.235. The van der Waals surface area contributed by atoms with E-state index in [1.165, 1.54) is 19.2 Å². The molecule has 0 aliphatic rings. The molecule has 6 heteroatoms. The van der Waals surface area contributed by atoms with Gasteiger partial charge in [0.2, 0.25) is 0 Å². The average molecular weight is 319 g/mol. The monoisotopic (exact) mass is 319 g/mol. The number of hydroxylamine groups is 1. The second kappa shape index (κ2) is 8.87. The number of nitrogens with one attached hydrogen (secondary N) is 1. The third-order valence-electron chi connectivity index (χ3n) is 2.86. The summed E-state index contributed by atoms with van der Waals surface area (Å²) < 4.78 is 23.8. The summed E-state index contributed by atoms with van der Waals surface area (Å²) in [4.78, 5) is 16.4. The summed E-state index contributed by atoms with van der Waals surface area (Å²) in [6.07, 6.45) is 0. The number of ketones is 1. The van der Waals surface area contributed by atoms with Gasteiger partial charge >= 0.3 is 0 Å². The Labute approximate surface area is 133 Å². The van der Waals surface area contributed by atoms with Crippen LogP contribution in [0.5, 0.6) is 11.5 Å². The highest BCUT2D eigenvalue weighted by Crippen LogP contribution is 2.22. The van der Waals surface area contributed by atoms with Crippen LogP contribution in [0.3, 0.4) is 0 Å². The lowest BCUT2D eigenvalue weighted by atomic mass is 10.2. The molecule has 1 N–H and O–H groups in total. The summed E-state index contributed by atoms with van der Waals surface area (Å²) in [5.41, 5.74) is 3.44. The van der Waals surface area contributed by atoms with E-state index < -0.39 is 5.82 Å². The minimum atomic E-state index is -0.490. The van der Waals surface area contributed by atoms with Gasteiger partial charge in [-0.1, -0.05) is 30.3 Å². The maximum atomic E-state index is 13.6. The van der Waals surface area contributed by atoms with Gasteiger partial charge in [0, 0.05) is 25.3 Å². The van der Waals surface area contributed by atoms with E-state index in [2.05, 4.69) is 5.48 Å². The lowest BCUT2D eigenvalue weighted by molar-refractivity contribution is -0.123. The van der Waals surface area contributed by atoms with Crippen molar-refractivity contribution in [1.82, 2.24) is 5.48 Å². The van der Waals surface area contributed by atoms with Crippen LogP contribution in [0.2, 0.25) is 0 Å². The zero-order valence-electron chi connectivity index (χ0n) is 12.8. The molecule has 0 aliphatic carbocycles. The molecule has 122 valence electrons. The van der Waals surface area contributed by atoms with Crippen molar-refractivity contribution >= 4 is 5.78 Å². The zero-order chi connectivity index (χ0) is 16.5. The quantitative estimate of drug-likeness (QED) is 0.720. The van der Waals surface area contributed by atoms with Crippen molar-refractivity contribution in [1.29, 1.82) is 0 Å². The molecule has 23 heavy (non-hydrogen) atoms. The number of benzene rings is 2. The molecular weight excluding hydrogens is 301 g/mol. The predicted octanol–water partition coefficient (Wildman–Crippen LogP) is 2.50. The molecule has 0 fully saturated rings. The average Bonchev–Trinajstić information content (AvgIpc) is 2.54. The van der Waals surface area contributed by atoms with Gasteiger partial charge in [-0.15, -0.1) is 5.48 Å². The number of carbonyl (C=O) groups excluding carboxylic acids is 1. The molecule has 0 bridgehead atoms. The first-order chi connectivity index (χ1) is 11.2. The van der Waals surface area contributed by atoms with E-state index >= 15 is 0 Å². The third kappa shape index (κ3) is 6.06. The third-order valence-corrected chi connectivity index (χ3v) is 2.86. The Morgan fingerprint density at radius 1 is 1.13 bits per heavy atom. The Bertz CT molecular complexity index is 634. The van der Waals surface area contributed by atoms with Crippen LogP contribution >= 0.6 is 0 Å². The maximum absolute atomic E-state index is 13.6. The number of ether oxygens (including phenoxy) is 2. The summed E-state index contributed by atoms with van der Waals surface area (Å²) >= 11 is 0. The van der Waals surface area contributed by atoms with Crippen LogP contribution in [-0.2, 0) is 16.1 Å². The fourth-order valence-electron chi connectivity index (χ4n) is 1.83. The van der Waals surface area contributed by atoms with E-state index in [4.69, 9.17) is 14.3 Å². The van der Waals surface area contributed by atoms with Gasteiger partial charge in [-0.05, 0) is 5.56 Å². The highest BCUT2D eigenvalue weighted by atomic mass is 19.1. The fourth-order valence-corrected chi connectivity index (χ4v) is 1.83. The molecule has 0 radical (unpaired) electrons. The SMILES string of the molecule is COCC(=O)CNOc1cc(F)cc(OCc2ccccc2)c1. The van der Waals surface area contributed by atoms with Gasteiger partial charge in [0.1, 0.15) is 24.8 Å². The molecule has 0 unspecified atom stereocenters. The molecule has 0 saturated heterocycles. The number of Topliss-reactive ketones (excluding diaryl/α,β-unsaturated/α-hetero) is 1. The molecule has 0 saturated carbocycles. The second-order valence-electron chi connectivity index (χ2n) is 4.79. The molecular formula is C17H18FNO4. The van der Waals surface area contributed by atoms with Crippen LogP contribution in [0.1, 0.15) is 5.56 Å². The lowest BCUT2D eigenvalue weighted by Gasteiger charge is -2.10. The summed E-state index contributed by atoms with van der Waals surface area (Å²) in [7, 11) is 1.43. The minimum absolute atomic E-state index is 0.00898. The van der Waals surface area contributed by atoms with Gasteiger partial charge < -0.3 is 14.3 Å². The number of halogens is 1. The maximum Gasteiger partial charge on any atom is 0.175 e. The first kappa shape index (κ1) is 16.9. The zero-order valence-corrected chi connectivity index (χ0v) is 12.8. The molecule has 2 rings (SSSR count). The largest absolute Gasteiger partial charge is 0.489 e. The van der Waals surface area contributed by atoms with Gasteiger partial charge in [0.05, 0.1) is 6.54 Å². The Morgan fingerprint density at radius 3 is 2.61 bits per heavy atom. The van der Waals surface area contributed by atoms with Crippen molar-refractivity contribution in [3.05, 3.63) is 59.9 Å². The van der Waals surface area contributed by atoms with Crippen molar-refractivity contribution in [3.8, 4) is 11.5 Å². The predicted molar refractivity (Wildman–Crippen MR) is 82.7 cm³/mol. The number of hydrogen-bond donors (Lipinski definition) is 1. The van der Waals surface area contributed by atoms with Gasteiger partial charge in [0.15, 0.2) is 11.5 Å². The van der Waals surface area contributed by atoms with Crippen LogP contribution in [-0.4, -0.2) is 26.0 Å². The summed E-state index contributed by atoms with van der Waals surface area (Å²) in [5, 5.41) is 0. The minimum Gasteiger partial charge on any atom is -0.489 e. The summed E-state index contributed by atoms with van der Waals surface area (Å²) in [6.45, 7) is 0.277. The Hall–Kier alpha value is -2.44. The standard InChI is InChI=1S/C17H18FNO4/c1-21-12-15(20)10-19-23-17-8-14(18)7-16(9-17)22-11-13-5-3-2-4-6-13/h2-9,19H,10-12H2,1H3. The van der Waals surface area contributed by atoms with Gasteiger partial charge in [-0.2, -0.15) is 0 Å². The highest BCUT2D eigenvalue weighted by Gasteiger charge is 2.05. The van der Waals surface area contributed by atoms with Crippen molar-refractivity contribution in [2.45, 2.75) is 6.61 Å². The number of carbonyl (C=O) groups is 1. The topological polar surface area (TPSA) is 56.8 Å². The van der Waals surface area contributed by atoms with Crippen molar-refractivity contribution in [2.75, 3.05) is 20.3 Å². The van der Waals surface area contributed by atoms with E-state index in [0.717, 1.165) is 5.56 Å². The van der Waals surface area contributed by atoms with E-state index in [-0.39, 0.29) is 24.7 Å². The van der Waals surface area contributed by atoms with Crippen molar-refractivity contribution in [2.24, 2.45) is 0 Å². The Kier molecular flexibility index (Phi) is 6.53. The van der Waals surface area contributed by atoms with Gasteiger partial charge in [-0.25, -0.2) is 4.39 Å². The van der Waals surface area contributed by atoms with E-state index in [1.807, 2.05) is 30.3 Å². The number of rotatable bonds is 9. The highest BCUT2D eigenvalue weighted by molar-refractivity contribution is 5.81. The first-order valence-corrected chi connectivity index (χ1v) is 7.05. The number of methoxy groups -OCH3 is 1. The lowest BCUT2D eigenvalue weighted by Crippen LogP contribution is -2.28. The molecule has 0 heterocycles. The van der Waals surface area contributed by atoms with Crippen LogP contribution in [0, 0.1) is 5.82 Å². The molecule has 5 nitrogen and oxygen atoms in total. The molecule has 0 aliphatic heterocycles. The number of hydrogen-bond acceptors (Lipinski definition) is 5. The van der Waals surface area contributed by atoms with Gasteiger partial charge in [-0.3, -0.25) is 4.79 Å². The normalized spacial score (nSPS) is 10.3. The van der Waals surface area contributed by atoms with Crippen LogP contribution in [0.4, 0.5) is 4.39 Å². The van der Waals surface area contributed by atoms with Crippen molar-refractivity contribution < 1.29 is 23.5 Å². The molecule has 2 aromatic rings. The molecule has 2 aromatic carbocycles. The van der Waals surface area contributed by atoms with Crippen LogP contribution in [0.25, 0.3) is 0 Å². The Morgan fingerprint density at radius 2 is 1.87 bits per heavy atom. The van der Waals surface area contributed by atoms with Gasteiger partial charge in [0.25, 0.3) is 0 Å². The van der Waals surface area contributed by atoms with Crippen molar-refractivity contribution in [3.63, 3.8) is 0 Å². The van der Waals surface area contributed by atoms with Crippen LogP contribution < -0.4 is 15.1 Å². The van der Waals surface area contributed by atoms with E-state index in [1.54, 1.807) is 6.07 Å². The smallest absolute Gasteiger partial charge is 0.175 e. The molecule has 0 atom stereocenters. The Balaban J connectivity index is 1.89. The molecule has 0 spiro atoms. The first-order valence-electron chi connectivity index (χ1n) is 7.05. The molecule has 0 amide bonds. The van der Waals surface area contributed by atoms with E-state index in [0.29, 0.717) is 12.4 Å².